The topological polar surface area (TPSA) is 65.6 Å². The molecule has 0 unspecified atom stereocenters. The fourth-order valence-corrected chi connectivity index (χ4v) is 1.31. The summed E-state index contributed by atoms with van der Waals surface area (Å²) in [6, 6.07) is 0. The molecular formula is C9H11N5O. The molecule has 0 aromatic carbocycles. The van der Waals surface area contributed by atoms with Gasteiger partial charge in [-0.25, -0.2) is 0 Å². The van der Waals surface area contributed by atoms with Gasteiger partial charge in [0.2, 0.25) is 0 Å². The number of Topliss-reactive ketones (excluding diaryl/α,β-unsaturated/α-hetero) is 1. The molecule has 0 atom stereocenters. The van der Waals surface area contributed by atoms with Crippen molar-refractivity contribution < 1.29 is 4.79 Å². The van der Waals surface area contributed by atoms with Crippen molar-refractivity contribution in [1.82, 2.24) is 24.8 Å². The summed E-state index contributed by atoms with van der Waals surface area (Å²) in [4.78, 5) is 11.7. The highest BCUT2D eigenvalue weighted by Crippen LogP contribution is 2.03. The summed E-state index contributed by atoms with van der Waals surface area (Å²) < 4.78 is 3.18. The van der Waals surface area contributed by atoms with Gasteiger partial charge in [0.05, 0.1) is 23.9 Å². The standard InChI is InChI=1S/C9H11N5O/c1-13-5-7(4-10-13)9(15)3-8-6-14(2)12-11-8/h4-6H,3H2,1-2H3. The maximum absolute atomic E-state index is 11.7. The van der Waals surface area contributed by atoms with E-state index < -0.39 is 0 Å². The molecular weight excluding hydrogens is 194 g/mol. The molecule has 0 spiro atoms. The van der Waals surface area contributed by atoms with Crippen LogP contribution < -0.4 is 0 Å². The van der Waals surface area contributed by atoms with Crippen LogP contribution in [-0.2, 0) is 20.5 Å². The van der Waals surface area contributed by atoms with Crippen molar-refractivity contribution in [2.45, 2.75) is 6.42 Å². The lowest BCUT2D eigenvalue weighted by atomic mass is 10.1. The summed E-state index contributed by atoms with van der Waals surface area (Å²) >= 11 is 0. The monoisotopic (exact) mass is 205 g/mol. The van der Waals surface area contributed by atoms with E-state index in [1.54, 1.807) is 42.0 Å². The molecule has 0 aliphatic rings. The van der Waals surface area contributed by atoms with Crippen LogP contribution in [-0.4, -0.2) is 30.6 Å². The zero-order chi connectivity index (χ0) is 10.8. The number of carbonyl (C=O) groups excluding carboxylic acids is 1. The van der Waals surface area contributed by atoms with E-state index in [0.717, 1.165) is 0 Å². The predicted molar refractivity (Wildman–Crippen MR) is 52.2 cm³/mol. The Kier molecular flexibility index (Phi) is 2.32. The van der Waals surface area contributed by atoms with Crippen LogP contribution in [0.4, 0.5) is 0 Å². The van der Waals surface area contributed by atoms with E-state index in [1.807, 2.05) is 0 Å². The average molecular weight is 205 g/mol. The minimum atomic E-state index is 0.00333. The predicted octanol–water partition coefficient (Wildman–Crippen LogP) is -0.0260. The molecule has 15 heavy (non-hydrogen) atoms. The Morgan fingerprint density at radius 2 is 2.13 bits per heavy atom. The number of hydrogen-bond donors (Lipinski definition) is 0. The van der Waals surface area contributed by atoms with Crippen LogP contribution in [0.5, 0.6) is 0 Å². The summed E-state index contributed by atoms with van der Waals surface area (Å²) in [6.07, 6.45) is 5.24. The summed E-state index contributed by atoms with van der Waals surface area (Å²) in [5.41, 5.74) is 1.27. The Hall–Kier alpha value is -1.98. The first-order valence-electron chi connectivity index (χ1n) is 4.52. The van der Waals surface area contributed by atoms with E-state index >= 15 is 0 Å². The van der Waals surface area contributed by atoms with Crippen molar-refractivity contribution in [3.8, 4) is 0 Å². The number of aryl methyl sites for hydroxylation is 2. The number of nitrogens with zero attached hydrogens (tertiary/aromatic N) is 5. The van der Waals surface area contributed by atoms with Gasteiger partial charge in [0.25, 0.3) is 0 Å². The highest BCUT2D eigenvalue weighted by Gasteiger charge is 2.10. The van der Waals surface area contributed by atoms with Gasteiger partial charge < -0.3 is 0 Å². The molecule has 2 aromatic heterocycles. The van der Waals surface area contributed by atoms with E-state index in [9.17, 15) is 4.79 Å². The third-order valence-electron chi connectivity index (χ3n) is 2.02. The number of rotatable bonds is 3. The normalized spacial score (nSPS) is 10.5. The van der Waals surface area contributed by atoms with Crippen LogP contribution in [0.15, 0.2) is 18.6 Å². The minimum absolute atomic E-state index is 0.00333. The number of carbonyl (C=O) groups is 1. The molecule has 0 saturated heterocycles. The van der Waals surface area contributed by atoms with Gasteiger partial charge >= 0.3 is 0 Å². The first kappa shape index (κ1) is 9.57. The first-order chi connectivity index (χ1) is 7.15. The van der Waals surface area contributed by atoms with Crippen molar-refractivity contribution in [2.24, 2.45) is 14.1 Å². The molecule has 0 N–H and O–H groups in total. The molecule has 0 saturated carbocycles. The number of aromatic nitrogens is 5. The SMILES string of the molecule is Cn1cc(C(=O)Cc2cn(C)nn2)cn1. The zero-order valence-electron chi connectivity index (χ0n) is 8.58. The fourth-order valence-electron chi connectivity index (χ4n) is 1.31. The Morgan fingerprint density at radius 1 is 1.33 bits per heavy atom. The molecule has 2 rings (SSSR count). The molecule has 6 nitrogen and oxygen atoms in total. The second-order valence-corrected chi connectivity index (χ2v) is 3.39. The van der Waals surface area contributed by atoms with E-state index in [-0.39, 0.29) is 12.2 Å². The van der Waals surface area contributed by atoms with E-state index in [0.29, 0.717) is 11.3 Å². The third-order valence-corrected chi connectivity index (χ3v) is 2.02. The molecule has 2 heterocycles. The summed E-state index contributed by atoms with van der Waals surface area (Å²) in [5, 5.41) is 11.6. The molecule has 0 amide bonds. The lowest BCUT2D eigenvalue weighted by molar-refractivity contribution is 0.0992. The summed E-state index contributed by atoms with van der Waals surface area (Å²) in [6.45, 7) is 0. The molecule has 0 aliphatic heterocycles. The zero-order valence-corrected chi connectivity index (χ0v) is 8.58. The highest BCUT2D eigenvalue weighted by atomic mass is 16.1. The third kappa shape index (κ3) is 2.09. The van der Waals surface area contributed by atoms with Crippen molar-refractivity contribution in [1.29, 1.82) is 0 Å². The van der Waals surface area contributed by atoms with Gasteiger partial charge in [-0.3, -0.25) is 14.2 Å². The maximum Gasteiger partial charge on any atom is 0.172 e. The number of hydrogen-bond acceptors (Lipinski definition) is 4. The first-order valence-corrected chi connectivity index (χ1v) is 4.52. The summed E-state index contributed by atoms with van der Waals surface area (Å²) in [7, 11) is 3.55. The van der Waals surface area contributed by atoms with E-state index in [2.05, 4.69) is 15.4 Å². The van der Waals surface area contributed by atoms with Gasteiger partial charge in [0.15, 0.2) is 5.78 Å². The van der Waals surface area contributed by atoms with Crippen molar-refractivity contribution in [3.63, 3.8) is 0 Å². The lowest BCUT2D eigenvalue weighted by Crippen LogP contribution is -2.02. The maximum atomic E-state index is 11.7. The van der Waals surface area contributed by atoms with Crippen LogP contribution in [0, 0.1) is 0 Å². The average Bonchev–Trinajstić information content (AvgIpc) is 2.75. The molecule has 2 aromatic rings. The number of ketones is 1. The Bertz CT molecular complexity index is 484. The molecule has 0 fully saturated rings. The van der Waals surface area contributed by atoms with Gasteiger partial charge in [-0.15, -0.1) is 5.10 Å². The second kappa shape index (κ2) is 3.64. The van der Waals surface area contributed by atoms with Crippen LogP contribution >= 0.6 is 0 Å². The highest BCUT2D eigenvalue weighted by molar-refractivity contribution is 5.96. The largest absolute Gasteiger partial charge is 0.294 e. The van der Waals surface area contributed by atoms with Gasteiger partial charge in [-0.05, 0) is 0 Å². The van der Waals surface area contributed by atoms with Gasteiger partial charge in [0, 0.05) is 26.5 Å². The molecule has 6 heteroatoms. The van der Waals surface area contributed by atoms with Crippen LogP contribution in [0.1, 0.15) is 16.1 Å². The molecule has 78 valence electrons. The molecule has 0 aliphatic carbocycles. The Labute approximate surface area is 86.5 Å². The van der Waals surface area contributed by atoms with Crippen molar-refractivity contribution in [2.75, 3.05) is 0 Å². The van der Waals surface area contributed by atoms with Crippen molar-refractivity contribution in [3.05, 3.63) is 29.8 Å². The second-order valence-electron chi connectivity index (χ2n) is 3.39. The quantitative estimate of drug-likeness (QED) is 0.660. The lowest BCUT2D eigenvalue weighted by Gasteiger charge is -1.92. The van der Waals surface area contributed by atoms with E-state index in [1.165, 1.54) is 0 Å². The smallest absolute Gasteiger partial charge is 0.172 e. The van der Waals surface area contributed by atoms with Crippen LogP contribution in [0.3, 0.4) is 0 Å². The molecule has 0 radical (unpaired) electrons. The van der Waals surface area contributed by atoms with Crippen LogP contribution in [0.2, 0.25) is 0 Å². The fraction of sp³-hybridized carbons (Fsp3) is 0.333. The summed E-state index contributed by atoms with van der Waals surface area (Å²) in [5.74, 6) is 0.00333. The van der Waals surface area contributed by atoms with Gasteiger partial charge in [0.1, 0.15) is 0 Å². The van der Waals surface area contributed by atoms with E-state index in [4.69, 9.17) is 0 Å². The van der Waals surface area contributed by atoms with Gasteiger partial charge in [-0.2, -0.15) is 5.10 Å². The van der Waals surface area contributed by atoms with Gasteiger partial charge in [-0.1, -0.05) is 5.21 Å². The molecule has 0 bridgehead atoms. The Morgan fingerprint density at radius 3 is 2.67 bits per heavy atom. The van der Waals surface area contributed by atoms with Crippen LogP contribution in [0.25, 0.3) is 0 Å². The van der Waals surface area contributed by atoms with Crippen molar-refractivity contribution >= 4 is 5.78 Å². The Balaban J connectivity index is 2.10. The minimum Gasteiger partial charge on any atom is -0.294 e.